The van der Waals surface area contributed by atoms with Gasteiger partial charge in [-0.05, 0) is 57.3 Å². The van der Waals surface area contributed by atoms with E-state index in [2.05, 4.69) is 146 Å². The van der Waals surface area contributed by atoms with Gasteiger partial charge in [0.05, 0.1) is 5.69 Å². The van der Waals surface area contributed by atoms with Crippen molar-refractivity contribution in [2.45, 2.75) is 0 Å². The molecule has 0 radical (unpaired) electrons. The molecule has 0 unspecified atom stereocenters. The third-order valence-corrected chi connectivity index (χ3v) is 8.99. The Hall–Kier alpha value is -6.72. The predicted molar refractivity (Wildman–Crippen MR) is 202 cm³/mol. The summed E-state index contributed by atoms with van der Waals surface area (Å²) in [4.78, 5) is 22.2. The lowest BCUT2D eigenvalue weighted by Gasteiger charge is -2.23. The second kappa shape index (κ2) is 11.8. The lowest BCUT2D eigenvalue weighted by Crippen LogP contribution is -2.16. The van der Waals surface area contributed by atoms with E-state index in [1.807, 2.05) is 29.3 Å². The Morgan fingerprint density at radius 1 is 0.429 bits per heavy atom. The zero-order valence-electron chi connectivity index (χ0n) is 26.5. The molecule has 49 heavy (non-hydrogen) atoms. The molecule has 0 N–H and O–H groups in total. The summed E-state index contributed by atoms with van der Waals surface area (Å²) in [6, 6.07) is 48.2. The fourth-order valence-corrected chi connectivity index (χ4v) is 6.43. The Bertz CT molecular complexity index is 2540. The normalized spacial score (nSPS) is 12.7. The quantitative estimate of drug-likeness (QED) is 0.190. The maximum Gasteiger partial charge on any atom is 0.164 e. The van der Waals surface area contributed by atoms with Gasteiger partial charge in [-0.2, -0.15) is 0 Å². The number of anilines is 1. The van der Waals surface area contributed by atoms with E-state index in [-0.39, 0.29) is 0 Å². The molecule has 0 atom stereocenters. The lowest BCUT2D eigenvalue weighted by atomic mass is 10.0. The molecular formula is C44H29N5. The van der Waals surface area contributed by atoms with Crippen molar-refractivity contribution in [1.29, 1.82) is 0 Å². The summed E-state index contributed by atoms with van der Waals surface area (Å²) < 4.78 is 0. The molecule has 1 aliphatic heterocycles. The minimum absolute atomic E-state index is 0.612. The molecule has 0 saturated heterocycles. The second-order valence-electron chi connectivity index (χ2n) is 12.1. The Balaban J connectivity index is 1.16. The lowest BCUT2D eigenvalue weighted by molar-refractivity contribution is 1.07. The van der Waals surface area contributed by atoms with Crippen molar-refractivity contribution in [3.05, 3.63) is 176 Å². The molecule has 3 heterocycles. The van der Waals surface area contributed by atoms with Gasteiger partial charge in [0.2, 0.25) is 0 Å². The molecule has 0 bridgehead atoms. The molecule has 0 saturated carbocycles. The fourth-order valence-electron chi connectivity index (χ4n) is 6.43. The van der Waals surface area contributed by atoms with E-state index in [0.717, 1.165) is 61.0 Å². The maximum atomic E-state index is 5.14. The van der Waals surface area contributed by atoms with Crippen LogP contribution in [0.25, 0.3) is 77.7 Å². The van der Waals surface area contributed by atoms with Crippen molar-refractivity contribution in [2.75, 3.05) is 4.90 Å². The highest BCUT2D eigenvalue weighted by Crippen LogP contribution is 2.34. The van der Waals surface area contributed by atoms with E-state index in [0.29, 0.717) is 17.5 Å². The highest BCUT2D eigenvalue weighted by molar-refractivity contribution is 5.97. The zero-order valence-corrected chi connectivity index (χ0v) is 26.5. The summed E-state index contributed by atoms with van der Waals surface area (Å²) in [5, 5.41) is 6.82. The standard InChI is InChI=1S/C44H29N5/c1-29-10-8-9-25-49(29)40-28-36-15-6-7-16-39(36)41(45-40)32-19-21-33(22-20-32)42-46-43(37-23-17-30-11-2-4-13-34(30)26-37)48-44(47-42)38-24-18-31-12-3-5-14-35(31)27-38/h2-28H,1H2. The molecule has 5 nitrogen and oxygen atoms in total. The van der Waals surface area contributed by atoms with Crippen LogP contribution < -0.4 is 4.90 Å². The monoisotopic (exact) mass is 627 g/mol. The van der Waals surface area contributed by atoms with Gasteiger partial charge in [-0.15, -0.1) is 0 Å². The Morgan fingerprint density at radius 3 is 1.55 bits per heavy atom. The van der Waals surface area contributed by atoms with Gasteiger partial charge in [-0.1, -0.05) is 134 Å². The van der Waals surface area contributed by atoms with Crippen molar-refractivity contribution in [3.63, 3.8) is 0 Å². The number of benzene rings is 6. The third kappa shape index (κ3) is 5.33. The van der Waals surface area contributed by atoms with Crippen LogP contribution in [0.5, 0.6) is 0 Å². The first kappa shape index (κ1) is 28.5. The van der Waals surface area contributed by atoms with Gasteiger partial charge in [0.25, 0.3) is 0 Å². The van der Waals surface area contributed by atoms with Gasteiger partial charge in [-0.25, -0.2) is 19.9 Å². The summed E-state index contributed by atoms with van der Waals surface area (Å²) in [5.41, 5.74) is 5.55. The fraction of sp³-hybridized carbons (Fsp3) is 0. The van der Waals surface area contributed by atoms with Gasteiger partial charge in [-0.3, -0.25) is 0 Å². The smallest absolute Gasteiger partial charge is 0.164 e. The van der Waals surface area contributed by atoms with Crippen LogP contribution in [0.1, 0.15) is 0 Å². The summed E-state index contributed by atoms with van der Waals surface area (Å²) >= 11 is 0. The predicted octanol–water partition coefficient (Wildman–Crippen LogP) is 10.8. The highest BCUT2D eigenvalue weighted by atomic mass is 15.2. The molecule has 2 aromatic heterocycles. The van der Waals surface area contributed by atoms with Crippen LogP contribution in [0.2, 0.25) is 0 Å². The molecule has 230 valence electrons. The SMILES string of the molecule is C=C1C=CC=CN1c1cc2ccccc2c(-c2ccc(-c3nc(-c4ccc5ccccc5c4)nc(-c4ccc5ccccc5c4)n3)cc2)n1. The van der Waals surface area contributed by atoms with Crippen molar-refractivity contribution in [1.82, 2.24) is 19.9 Å². The summed E-state index contributed by atoms with van der Waals surface area (Å²) in [6.07, 6.45) is 7.95. The van der Waals surface area contributed by atoms with Crippen LogP contribution in [0.3, 0.4) is 0 Å². The van der Waals surface area contributed by atoms with E-state index < -0.39 is 0 Å². The van der Waals surface area contributed by atoms with Crippen molar-refractivity contribution < 1.29 is 0 Å². The maximum absolute atomic E-state index is 5.14. The number of allylic oxidation sites excluding steroid dienone is 3. The van der Waals surface area contributed by atoms with Crippen LogP contribution in [0.4, 0.5) is 5.82 Å². The van der Waals surface area contributed by atoms with Gasteiger partial charge >= 0.3 is 0 Å². The first-order valence-electron chi connectivity index (χ1n) is 16.2. The van der Waals surface area contributed by atoms with Crippen LogP contribution >= 0.6 is 0 Å². The molecule has 6 aromatic carbocycles. The van der Waals surface area contributed by atoms with Gasteiger partial charge in [0.15, 0.2) is 17.5 Å². The van der Waals surface area contributed by atoms with E-state index >= 15 is 0 Å². The Kier molecular flexibility index (Phi) is 6.87. The number of fused-ring (bicyclic) bond motifs is 3. The highest BCUT2D eigenvalue weighted by Gasteiger charge is 2.16. The van der Waals surface area contributed by atoms with E-state index in [1.165, 1.54) is 10.8 Å². The average Bonchev–Trinajstić information content (AvgIpc) is 3.17. The molecule has 1 aliphatic rings. The van der Waals surface area contributed by atoms with Crippen LogP contribution in [-0.4, -0.2) is 19.9 Å². The molecule has 0 amide bonds. The minimum atomic E-state index is 0.612. The van der Waals surface area contributed by atoms with Crippen molar-refractivity contribution in [2.24, 2.45) is 0 Å². The van der Waals surface area contributed by atoms with Crippen LogP contribution in [-0.2, 0) is 0 Å². The first-order chi connectivity index (χ1) is 24.2. The second-order valence-corrected chi connectivity index (χ2v) is 12.1. The van der Waals surface area contributed by atoms with Crippen molar-refractivity contribution >= 4 is 38.1 Å². The Labute approximate surface area is 283 Å². The number of pyridine rings is 1. The summed E-state index contributed by atoms with van der Waals surface area (Å²) in [6.45, 7) is 4.22. The third-order valence-electron chi connectivity index (χ3n) is 8.99. The average molecular weight is 628 g/mol. The summed E-state index contributed by atoms with van der Waals surface area (Å²) in [5.74, 6) is 2.70. The first-order valence-corrected chi connectivity index (χ1v) is 16.2. The topological polar surface area (TPSA) is 54.8 Å². The van der Waals surface area contributed by atoms with E-state index in [9.17, 15) is 0 Å². The Morgan fingerprint density at radius 2 is 0.939 bits per heavy atom. The van der Waals surface area contributed by atoms with Gasteiger partial charge < -0.3 is 4.90 Å². The molecule has 5 heteroatoms. The molecule has 9 rings (SSSR count). The number of hydrogen-bond donors (Lipinski definition) is 0. The largest absolute Gasteiger partial charge is 0.302 e. The van der Waals surface area contributed by atoms with Crippen LogP contribution in [0.15, 0.2) is 176 Å². The van der Waals surface area contributed by atoms with Crippen LogP contribution in [0, 0.1) is 0 Å². The number of rotatable bonds is 5. The van der Waals surface area contributed by atoms with E-state index in [1.54, 1.807) is 0 Å². The molecule has 8 aromatic rings. The molecule has 0 aliphatic carbocycles. The van der Waals surface area contributed by atoms with E-state index in [4.69, 9.17) is 19.9 Å². The molecular weight excluding hydrogens is 599 g/mol. The minimum Gasteiger partial charge on any atom is -0.302 e. The molecule has 0 fully saturated rings. The number of nitrogens with zero attached hydrogens (tertiary/aromatic N) is 5. The van der Waals surface area contributed by atoms with Gasteiger partial charge in [0, 0.05) is 39.5 Å². The van der Waals surface area contributed by atoms with Gasteiger partial charge in [0.1, 0.15) is 5.82 Å². The summed E-state index contributed by atoms with van der Waals surface area (Å²) in [7, 11) is 0. The van der Waals surface area contributed by atoms with Crippen molar-refractivity contribution in [3.8, 4) is 45.4 Å². The zero-order chi connectivity index (χ0) is 32.7. The molecule has 0 spiro atoms. The number of aromatic nitrogens is 4. The number of hydrogen-bond acceptors (Lipinski definition) is 5.